The van der Waals surface area contributed by atoms with Crippen LogP contribution in [0.15, 0.2) is 54.9 Å². The first-order valence-corrected chi connectivity index (χ1v) is 14.9. The molecule has 2 N–H and O–H groups in total. The molecule has 44 heavy (non-hydrogen) atoms. The smallest absolute Gasteiger partial charge is 0.415 e. The summed E-state index contributed by atoms with van der Waals surface area (Å²) in [6, 6.07) is 15.1. The Balaban J connectivity index is 1.39. The van der Waals surface area contributed by atoms with Crippen LogP contribution in [0.5, 0.6) is 17.2 Å². The van der Waals surface area contributed by atoms with Gasteiger partial charge in [0.05, 0.1) is 40.3 Å². The van der Waals surface area contributed by atoms with Crippen molar-refractivity contribution in [2.75, 3.05) is 25.5 Å². The van der Waals surface area contributed by atoms with Gasteiger partial charge >= 0.3 is 6.09 Å². The van der Waals surface area contributed by atoms with E-state index in [1.54, 1.807) is 41.4 Å². The van der Waals surface area contributed by atoms with Crippen molar-refractivity contribution in [1.29, 1.82) is 5.26 Å². The van der Waals surface area contributed by atoms with Gasteiger partial charge in [0.25, 0.3) is 0 Å². The second-order valence-electron chi connectivity index (χ2n) is 10.7. The first-order valence-electron chi connectivity index (χ1n) is 14.6. The van der Waals surface area contributed by atoms with E-state index >= 15 is 0 Å². The fraction of sp³-hybridized carbons (Fsp3) is 0.333. The van der Waals surface area contributed by atoms with Gasteiger partial charge in [-0.3, -0.25) is 9.97 Å². The Labute approximate surface area is 261 Å². The van der Waals surface area contributed by atoms with Gasteiger partial charge < -0.3 is 29.7 Å². The molecular formula is C33H35ClN6O4. The first kappa shape index (κ1) is 30.9. The number of hydrogen-bond acceptors (Lipinski definition) is 9. The number of aryl methyl sites for hydroxylation is 1. The summed E-state index contributed by atoms with van der Waals surface area (Å²) in [5.41, 5.74) is 3.76. The minimum atomic E-state index is -0.444. The number of methoxy groups -OCH3 is 1. The Morgan fingerprint density at radius 2 is 1.91 bits per heavy atom. The van der Waals surface area contributed by atoms with E-state index < -0.39 is 6.09 Å². The zero-order valence-corrected chi connectivity index (χ0v) is 25.9. The number of nitrogens with zero attached hydrogens (tertiary/aromatic N) is 4. The predicted octanol–water partition coefficient (Wildman–Crippen LogP) is 6.76. The van der Waals surface area contributed by atoms with E-state index in [2.05, 4.69) is 40.5 Å². The van der Waals surface area contributed by atoms with Crippen molar-refractivity contribution in [2.24, 2.45) is 0 Å². The summed E-state index contributed by atoms with van der Waals surface area (Å²) >= 11 is 6.65. The van der Waals surface area contributed by atoms with Crippen LogP contribution >= 0.6 is 11.6 Å². The van der Waals surface area contributed by atoms with Crippen molar-refractivity contribution in [1.82, 2.24) is 20.2 Å². The van der Waals surface area contributed by atoms with Crippen molar-refractivity contribution >= 4 is 40.0 Å². The predicted molar refractivity (Wildman–Crippen MR) is 170 cm³/mol. The maximum absolute atomic E-state index is 13.2. The highest BCUT2D eigenvalue weighted by atomic mass is 35.5. The summed E-state index contributed by atoms with van der Waals surface area (Å²) in [7, 11) is 1.50. The quantitative estimate of drug-likeness (QED) is 0.211. The molecule has 228 valence electrons. The molecule has 0 aliphatic carbocycles. The molecule has 2 aromatic carbocycles. The molecule has 1 unspecified atom stereocenters. The lowest BCUT2D eigenvalue weighted by atomic mass is 10.1. The van der Waals surface area contributed by atoms with Gasteiger partial charge in [0, 0.05) is 55.1 Å². The molecule has 11 heteroatoms. The summed E-state index contributed by atoms with van der Waals surface area (Å²) in [5, 5.41) is 17.8. The number of pyridine rings is 2. The second kappa shape index (κ2) is 13.8. The topological polar surface area (TPSA) is 122 Å². The summed E-state index contributed by atoms with van der Waals surface area (Å²) in [6.07, 6.45) is 4.57. The standard InChI is InChI=1S/C33H35ClN6O4/c1-5-22-17-40(18-23(6-2)38-22)33(41)44-31-14-28-25(13-30(31)42-4)32(21(15-35)16-37-28)39-27-10-9-24(12-26(27)34)43-19-29-20(3)8-7-11-36-29/h7-14,16,22-23,38H,5-6,17-19H2,1-4H3,(H,37,39)/t22-,23?/m1/s1. The molecule has 2 aromatic heterocycles. The molecule has 0 saturated carbocycles. The molecule has 0 radical (unpaired) electrons. The number of benzene rings is 2. The van der Waals surface area contributed by atoms with Crippen LogP contribution in [0.4, 0.5) is 16.2 Å². The number of carbonyl (C=O) groups is 1. The fourth-order valence-electron chi connectivity index (χ4n) is 5.15. The van der Waals surface area contributed by atoms with Crippen LogP contribution in [-0.4, -0.2) is 53.2 Å². The van der Waals surface area contributed by atoms with E-state index in [1.807, 2.05) is 19.1 Å². The molecule has 1 aliphatic rings. The summed E-state index contributed by atoms with van der Waals surface area (Å²) in [5.74, 6) is 1.16. The number of rotatable bonds is 9. The van der Waals surface area contributed by atoms with Crippen LogP contribution in [0.2, 0.25) is 5.02 Å². The largest absolute Gasteiger partial charge is 0.493 e. The number of hydrogen-bond donors (Lipinski definition) is 2. The minimum absolute atomic E-state index is 0.206. The number of ether oxygens (including phenoxy) is 3. The first-order chi connectivity index (χ1) is 21.3. The maximum atomic E-state index is 13.2. The molecule has 5 rings (SSSR count). The number of aromatic nitrogens is 2. The third-order valence-electron chi connectivity index (χ3n) is 7.76. The molecule has 0 spiro atoms. The number of fused-ring (bicyclic) bond motifs is 1. The lowest BCUT2D eigenvalue weighted by Crippen LogP contribution is -2.58. The van der Waals surface area contributed by atoms with Gasteiger partial charge in [0.1, 0.15) is 18.4 Å². The maximum Gasteiger partial charge on any atom is 0.415 e. The highest BCUT2D eigenvalue weighted by Gasteiger charge is 2.29. The second-order valence-corrected chi connectivity index (χ2v) is 11.1. The number of anilines is 2. The minimum Gasteiger partial charge on any atom is -0.493 e. The van der Waals surface area contributed by atoms with Crippen molar-refractivity contribution in [3.63, 3.8) is 0 Å². The molecule has 4 aromatic rings. The zero-order valence-electron chi connectivity index (χ0n) is 25.2. The van der Waals surface area contributed by atoms with Gasteiger partial charge in [0.15, 0.2) is 11.5 Å². The van der Waals surface area contributed by atoms with Gasteiger partial charge in [-0.1, -0.05) is 31.5 Å². The van der Waals surface area contributed by atoms with E-state index in [0.29, 0.717) is 64.1 Å². The molecule has 10 nitrogen and oxygen atoms in total. The SMILES string of the molecule is CCC1CN(C(=O)Oc2cc3ncc(C#N)c(Nc4ccc(OCc5ncccc5C)cc4Cl)c3cc2OC)C[C@@H](CC)N1. The Bertz CT molecular complexity index is 1700. The van der Waals surface area contributed by atoms with E-state index in [0.717, 1.165) is 24.1 Å². The van der Waals surface area contributed by atoms with E-state index in [9.17, 15) is 10.1 Å². The third-order valence-corrected chi connectivity index (χ3v) is 8.07. The molecule has 1 fully saturated rings. The van der Waals surface area contributed by atoms with Crippen LogP contribution in [-0.2, 0) is 6.61 Å². The van der Waals surface area contributed by atoms with Gasteiger partial charge in [-0.15, -0.1) is 0 Å². The lowest BCUT2D eigenvalue weighted by molar-refractivity contribution is 0.118. The van der Waals surface area contributed by atoms with Gasteiger partial charge in [0.2, 0.25) is 0 Å². The number of amides is 1. The molecule has 1 aliphatic heterocycles. The highest BCUT2D eigenvalue weighted by Crippen LogP contribution is 2.39. The van der Waals surface area contributed by atoms with Crippen molar-refractivity contribution in [3.8, 4) is 23.3 Å². The summed E-state index contributed by atoms with van der Waals surface area (Å²) in [6.45, 7) is 7.61. The van der Waals surface area contributed by atoms with Crippen LogP contribution < -0.4 is 24.8 Å². The van der Waals surface area contributed by atoms with Crippen molar-refractivity contribution in [2.45, 2.75) is 52.3 Å². The molecule has 1 saturated heterocycles. The number of nitriles is 1. The highest BCUT2D eigenvalue weighted by molar-refractivity contribution is 6.33. The summed E-state index contributed by atoms with van der Waals surface area (Å²) < 4.78 is 17.4. The van der Waals surface area contributed by atoms with E-state index in [-0.39, 0.29) is 17.8 Å². The molecule has 0 bridgehead atoms. The third kappa shape index (κ3) is 6.80. The number of carbonyl (C=O) groups excluding carboxylic acids is 1. The van der Waals surface area contributed by atoms with E-state index in [1.165, 1.54) is 13.3 Å². The van der Waals surface area contributed by atoms with Gasteiger partial charge in [-0.2, -0.15) is 5.26 Å². The monoisotopic (exact) mass is 614 g/mol. The van der Waals surface area contributed by atoms with Crippen LogP contribution in [0.25, 0.3) is 10.9 Å². The van der Waals surface area contributed by atoms with Crippen LogP contribution in [0, 0.1) is 18.3 Å². The number of nitrogens with one attached hydrogen (secondary N) is 2. The fourth-order valence-corrected chi connectivity index (χ4v) is 5.37. The number of piperazine rings is 1. The Morgan fingerprint density at radius 3 is 2.57 bits per heavy atom. The Morgan fingerprint density at radius 1 is 1.14 bits per heavy atom. The Kier molecular flexibility index (Phi) is 9.68. The number of halogens is 1. The average molecular weight is 615 g/mol. The van der Waals surface area contributed by atoms with Crippen LogP contribution in [0.3, 0.4) is 0 Å². The van der Waals surface area contributed by atoms with Gasteiger partial charge in [-0.05, 0) is 49.6 Å². The Hall–Kier alpha value is -4.59. The lowest BCUT2D eigenvalue weighted by Gasteiger charge is -2.37. The zero-order chi connectivity index (χ0) is 31.2. The summed E-state index contributed by atoms with van der Waals surface area (Å²) in [4.78, 5) is 23.8. The molecule has 3 heterocycles. The molecule has 2 atom stereocenters. The molecule has 1 amide bonds. The van der Waals surface area contributed by atoms with Crippen LogP contribution in [0.1, 0.15) is 43.5 Å². The van der Waals surface area contributed by atoms with E-state index in [4.69, 9.17) is 25.8 Å². The van der Waals surface area contributed by atoms with Crippen molar-refractivity contribution < 1.29 is 19.0 Å². The van der Waals surface area contributed by atoms with Gasteiger partial charge in [-0.25, -0.2) is 4.79 Å². The average Bonchev–Trinajstić information content (AvgIpc) is 3.04. The normalized spacial score (nSPS) is 16.3. The van der Waals surface area contributed by atoms with Crippen molar-refractivity contribution in [3.05, 3.63) is 76.7 Å². The molecular weight excluding hydrogens is 580 g/mol.